The molecule has 1 aliphatic rings. The largest absolute Gasteiger partial charge is 0.451 e. The molecule has 1 fully saturated rings. The van der Waals surface area contributed by atoms with Crippen LogP contribution in [0.15, 0.2) is 47.4 Å². The van der Waals surface area contributed by atoms with Crippen LogP contribution in [0.25, 0.3) is 0 Å². The smallest absolute Gasteiger partial charge is 0.273 e. The summed E-state index contributed by atoms with van der Waals surface area (Å²) in [5, 5.41) is 2.78. The van der Waals surface area contributed by atoms with E-state index >= 15 is 0 Å². The molecule has 6 heteroatoms. The Kier molecular flexibility index (Phi) is 6.63. The molecule has 1 aliphatic carbocycles. The van der Waals surface area contributed by atoms with E-state index in [4.69, 9.17) is 4.42 Å². The lowest BCUT2D eigenvalue weighted by Gasteiger charge is -2.36. The lowest BCUT2D eigenvalue weighted by atomic mass is 9.70. The molecule has 0 atom stereocenters. The molecule has 1 heterocycles. The highest BCUT2D eigenvalue weighted by molar-refractivity contribution is 5.91. The summed E-state index contributed by atoms with van der Waals surface area (Å²) < 4.78 is 4.81. The molecule has 1 aromatic heterocycles. The van der Waals surface area contributed by atoms with Gasteiger partial charge in [-0.1, -0.05) is 37.3 Å². The van der Waals surface area contributed by atoms with Gasteiger partial charge in [0.2, 0.25) is 5.91 Å². The average Bonchev–Trinajstić information content (AvgIpc) is 3.19. The Morgan fingerprint density at radius 1 is 1.22 bits per heavy atom. The number of rotatable bonds is 9. The third kappa shape index (κ3) is 5.18. The van der Waals surface area contributed by atoms with Gasteiger partial charge in [-0.25, -0.2) is 4.98 Å². The molecule has 2 aromatic rings. The molecule has 1 N–H and O–H groups in total. The summed E-state index contributed by atoms with van der Waals surface area (Å²) in [4.78, 5) is 30.2. The lowest BCUT2D eigenvalue weighted by molar-refractivity contribution is -0.133. The maximum Gasteiger partial charge on any atom is 0.273 e. The third-order valence-electron chi connectivity index (χ3n) is 5.15. The minimum atomic E-state index is -0.280. The Morgan fingerprint density at radius 3 is 2.67 bits per heavy atom. The average molecular weight is 369 g/mol. The van der Waals surface area contributed by atoms with Gasteiger partial charge in [0.15, 0.2) is 12.1 Å². The number of amides is 2. The van der Waals surface area contributed by atoms with E-state index in [9.17, 15) is 9.59 Å². The SMILES string of the molecule is CCCN(CCNC(=O)c1cocn1)C(=O)CC1CC(c2ccccc2)C1. The fraction of sp³-hybridized carbons (Fsp3) is 0.476. The van der Waals surface area contributed by atoms with Crippen LogP contribution < -0.4 is 5.32 Å². The fourth-order valence-corrected chi connectivity index (χ4v) is 3.63. The molecule has 0 unspecified atom stereocenters. The molecule has 144 valence electrons. The van der Waals surface area contributed by atoms with Crippen LogP contribution in [0.4, 0.5) is 0 Å². The molecule has 3 rings (SSSR count). The van der Waals surface area contributed by atoms with Crippen molar-refractivity contribution in [1.82, 2.24) is 15.2 Å². The van der Waals surface area contributed by atoms with Crippen molar-refractivity contribution in [2.24, 2.45) is 5.92 Å². The molecular formula is C21H27N3O3. The summed E-state index contributed by atoms with van der Waals surface area (Å²) in [5.41, 5.74) is 1.63. The second-order valence-corrected chi connectivity index (χ2v) is 7.16. The predicted octanol–water partition coefficient (Wildman–Crippen LogP) is 3.23. The summed E-state index contributed by atoms with van der Waals surface area (Å²) in [5.74, 6) is 0.957. The normalized spacial score (nSPS) is 18.6. The number of aromatic nitrogens is 1. The van der Waals surface area contributed by atoms with Crippen molar-refractivity contribution in [2.75, 3.05) is 19.6 Å². The fourth-order valence-electron chi connectivity index (χ4n) is 3.63. The highest BCUT2D eigenvalue weighted by atomic mass is 16.3. The van der Waals surface area contributed by atoms with Crippen molar-refractivity contribution < 1.29 is 14.0 Å². The van der Waals surface area contributed by atoms with E-state index in [0.29, 0.717) is 37.9 Å². The number of nitrogens with zero attached hydrogens (tertiary/aromatic N) is 2. The first kappa shape index (κ1) is 19.1. The van der Waals surface area contributed by atoms with Crippen molar-refractivity contribution in [3.05, 3.63) is 54.2 Å². The standard InChI is InChI=1S/C21H27N3O3/c1-2-9-24(10-8-22-21(26)19-14-27-15-23-19)20(25)13-16-11-18(12-16)17-6-4-3-5-7-17/h3-7,14-16,18H,2,8-13H2,1H3,(H,22,26). The van der Waals surface area contributed by atoms with Gasteiger partial charge in [0.1, 0.15) is 6.26 Å². The van der Waals surface area contributed by atoms with E-state index in [-0.39, 0.29) is 17.5 Å². The zero-order valence-electron chi connectivity index (χ0n) is 15.8. The van der Waals surface area contributed by atoms with E-state index < -0.39 is 0 Å². The predicted molar refractivity (Wildman–Crippen MR) is 102 cm³/mol. The van der Waals surface area contributed by atoms with Gasteiger partial charge < -0.3 is 14.6 Å². The van der Waals surface area contributed by atoms with Gasteiger partial charge in [-0.15, -0.1) is 0 Å². The van der Waals surface area contributed by atoms with Crippen molar-refractivity contribution in [1.29, 1.82) is 0 Å². The molecule has 27 heavy (non-hydrogen) atoms. The van der Waals surface area contributed by atoms with Crippen LogP contribution in [-0.4, -0.2) is 41.3 Å². The van der Waals surface area contributed by atoms with E-state index in [1.54, 1.807) is 0 Å². The van der Waals surface area contributed by atoms with E-state index in [2.05, 4.69) is 41.5 Å². The Balaban J connectivity index is 1.41. The van der Waals surface area contributed by atoms with Crippen molar-refractivity contribution in [2.45, 2.75) is 38.5 Å². The quantitative estimate of drug-likeness (QED) is 0.736. The number of nitrogens with one attached hydrogen (secondary N) is 1. The van der Waals surface area contributed by atoms with E-state index in [1.807, 2.05) is 11.0 Å². The van der Waals surface area contributed by atoms with Crippen molar-refractivity contribution in [3.63, 3.8) is 0 Å². The van der Waals surface area contributed by atoms with Gasteiger partial charge in [0, 0.05) is 26.1 Å². The molecule has 0 aliphatic heterocycles. The van der Waals surface area contributed by atoms with Crippen LogP contribution in [0.1, 0.15) is 54.6 Å². The molecule has 0 bridgehead atoms. The summed E-state index contributed by atoms with van der Waals surface area (Å²) in [6.45, 7) is 3.70. The Morgan fingerprint density at radius 2 is 2.00 bits per heavy atom. The number of benzene rings is 1. The maximum atomic E-state index is 12.7. The Labute approximate surface area is 160 Å². The number of carbonyl (C=O) groups excluding carboxylic acids is 2. The highest BCUT2D eigenvalue weighted by Gasteiger charge is 2.32. The summed E-state index contributed by atoms with van der Waals surface area (Å²) in [6.07, 6.45) is 6.20. The molecule has 6 nitrogen and oxygen atoms in total. The van der Waals surface area contributed by atoms with Crippen LogP contribution in [0.5, 0.6) is 0 Å². The van der Waals surface area contributed by atoms with Crippen LogP contribution in [0.3, 0.4) is 0 Å². The minimum absolute atomic E-state index is 0.184. The summed E-state index contributed by atoms with van der Waals surface area (Å²) >= 11 is 0. The summed E-state index contributed by atoms with van der Waals surface area (Å²) in [6, 6.07) is 10.5. The lowest BCUT2D eigenvalue weighted by Crippen LogP contribution is -2.40. The number of hydrogen-bond acceptors (Lipinski definition) is 4. The molecule has 0 saturated heterocycles. The van der Waals surface area contributed by atoms with E-state index in [1.165, 1.54) is 18.2 Å². The first-order chi connectivity index (χ1) is 13.2. The van der Waals surface area contributed by atoms with Gasteiger partial charge in [0.25, 0.3) is 5.91 Å². The Bertz CT molecular complexity index is 724. The minimum Gasteiger partial charge on any atom is -0.451 e. The number of carbonyl (C=O) groups is 2. The van der Waals surface area contributed by atoms with Crippen LogP contribution >= 0.6 is 0 Å². The van der Waals surface area contributed by atoms with Gasteiger partial charge >= 0.3 is 0 Å². The second-order valence-electron chi connectivity index (χ2n) is 7.16. The van der Waals surface area contributed by atoms with Crippen molar-refractivity contribution >= 4 is 11.8 Å². The topological polar surface area (TPSA) is 75.4 Å². The molecule has 1 aromatic carbocycles. The van der Waals surface area contributed by atoms with Crippen LogP contribution in [-0.2, 0) is 4.79 Å². The van der Waals surface area contributed by atoms with Gasteiger partial charge in [-0.2, -0.15) is 0 Å². The first-order valence-electron chi connectivity index (χ1n) is 9.66. The van der Waals surface area contributed by atoms with Gasteiger partial charge in [-0.05, 0) is 36.7 Å². The van der Waals surface area contributed by atoms with E-state index in [0.717, 1.165) is 19.3 Å². The number of hydrogen-bond donors (Lipinski definition) is 1. The Hall–Kier alpha value is -2.63. The zero-order chi connectivity index (χ0) is 19.1. The molecule has 2 amide bonds. The first-order valence-corrected chi connectivity index (χ1v) is 9.66. The van der Waals surface area contributed by atoms with Gasteiger partial charge in [0.05, 0.1) is 0 Å². The second kappa shape index (κ2) is 9.35. The number of oxazole rings is 1. The molecular weight excluding hydrogens is 342 g/mol. The molecule has 1 saturated carbocycles. The zero-order valence-corrected chi connectivity index (χ0v) is 15.8. The van der Waals surface area contributed by atoms with Gasteiger partial charge in [-0.3, -0.25) is 9.59 Å². The monoisotopic (exact) mass is 369 g/mol. The summed E-state index contributed by atoms with van der Waals surface area (Å²) in [7, 11) is 0. The maximum absolute atomic E-state index is 12.7. The highest BCUT2D eigenvalue weighted by Crippen LogP contribution is 2.43. The molecule has 0 radical (unpaired) electrons. The molecule has 0 spiro atoms. The van der Waals surface area contributed by atoms with Crippen LogP contribution in [0, 0.1) is 5.92 Å². The van der Waals surface area contributed by atoms with Crippen molar-refractivity contribution in [3.8, 4) is 0 Å². The third-order valence-corrected chi connectivity index (χ3v) is 5.15. The van der Waals surface area contributed by atoms with Crippen LogP contribution in [0.2, 0.25) is 0 Å².